The molecular weight excluding hydrogens is 178 g/mol. The topological polar surface area (TPSA) is 55.4 Å². The summed E-state index contributed by atoms with van der Waals surface area (Å²) in [6.45, 7) is 0. The lowest BCUT2D eigenvalue weighted by Gasteiger charge is -2.11. The van der Waals surface area contributed by atoms with E-state index < -0.39 is 12.0 Å². The quantitative estimate of drug-likeness (QED) is 0.475. The number of carbonyl (C=O) groups excluding carboxylic acids is 2. The summed E-state index contributed by atoms with van der Waals surface area (Å²) in [5, 5.41) is 2.40. The summed E-state index contributed by atoms with van der Waals surface area (Å²) in [7, 11) is 1.31. The van der Waals surface area contributed by atoms with Crippen LogP contribution in [0, 0.1) is 0 Å². The molecule has 0 aliphatic rings. The molecule has 70 valence electrons. The average Bonchev–Trinajstić information content (AvgIpc) is 2.11. The van der Waals surface area contributed by atoms with Gasteiger partial charge in [0.25, 0.3) is 0 Å². The Morgan fingerprint density at radius 3 is 2.83 bits per heavy atom. The van der Waals surface area contributed by atoms with E-state index in [0.29, 0.717) is 12.8 Å². The Kier molecular flexibility index (Phi) is 6.55. The van der Waals surface area contributed by atoms with Crippen molar-refractivity contribution in [1.29, 1.82) is 0 Å². The van der Waals surface area contributed by atoms with E-state index in [0.717, 1.165) is 5.75 Å². The summed E-state index contributed by atoms with van der Waals surface area (Å²) in [6.07, 6.45) is 3.06. The Morgan fingerprint density at radius 2 is 2.42 bits per heavy atom. The van der Waals surface area contributed by atoms with Crippen molar-refractivity contribution in [2.45, 2.75) is 12.5 Å². The molecule has 0 radical (unpaired) electrons. The predicted molar refractivity (Wildman–Crippen MR) is 48.0 cm³/mol. The zero-order valence-electron chi connectivity index (χ0n) is 7.20. The first-order valence-electron chi connectivity index (χ1n) is 3.52. The van der Waals surface area contributed by atoms with E-state index in [4.69, 9.17) is 0 Å². The van der Waals surface area contributed by atoms with Crippen LogP contribution in [0.4, 0.5) is 0 Å². The molecule has 0 spiro atoms. The molecule has 4 nitrogen and oxygen atoms in total. The Balaban J connectivity index is 3.84. The van der Waals surface area contributed by atoms with Gasteiger partial charge in [-0.25, -0.2) is 4.79 Å². The summed E-state index contributed by atoms with van der Waals surface area (Å²) in [6, 6.07) is -0.500. The Hall–Kier alpha value is -0.710. The van der Waals surface area contributed by atoms with Gasteiger partial charge in [-0.1, -0.05) is 0 Å². The maximum Gasteiger partial charge on any atom is 0.328 e. The minimum atomic E-state index is -0.500. The highest BCUT2D eigenvalue weighted by atomic mass is 32.2. The molecule has 0 heterocycles. The second-order valence-electron chi connectivity index (χ2n) is 2.14. The molecule has 0 aromatic carbocycles. The Morgan fingerprint density at radius 1 is 1.75 bits per heavy atom. The SMILES string of the molecule is COC(=O)[C@H](CCSC)NC=O. The van der Waals surface area contributed by atoms with Gasteiger partial charge in [0.05, 0.1) is 7.11 Å². The molecule has 0 bridgehead atoms. The highest BCUT2D eigenvalue weighted by Crippen LogP contribution is 2.01. The minimum absolute atomic E-state index is 0.392. The van der Waals surface area contributed by atoms with Crippen molar-refractivity contribution in [2.24, 2.45) is 0 Å². The van der Waals surface area contributed by atoms with E-state index in [2.05, 4.69) is 10.1 Å². The molecule has 0 aromatic heterocycles. The van der Waals surface area contributed by atoms with Crippen LogP contribution < -0.4 is 5.32 Å². The first kappa shape index (κ1) is 11.3. The molecule has 0 unspecified atom stereocenters. The van der Waals surface area contributed by atoms with Gasteiger partial charge in [-0.15, -0.1) is 0 Å². The summed E-state index contributed by atoms with van der Waals surface area (Å²) in [5.41, 5.74) is 0. The number of hydrogen-bond acceptors (Lipinski definition) is 4. The molecule has 12 heavy (non-hydrogen) atoms. The van der Waals surface area contributed by atoms with Crippen molar-refractivity contribution in [3.05, 3.63) is 0 Å². The summed E-state index contributed by atoms with van der Waals surface area (Å²) in [4.78, 5) is 21.0. The van der Waals surface area contributed by atoms with Gasteiger partial charge in [0.2, 0.25) is 6.41 Å². The van der Waals surface area contributed by atoms with Crippen LogP contribution >= 0.6 is 11.8 Å². The molecule has 0 saturated heterocycles. The smallest absolute Gasteiger partial charge is 0.328 e. The first-order valence-corrected chi connectivity index (χ1v) is 4.92. The van der Waals surface area contributed by atoms with E-state index in [9.17, 15) is 9.59 Å². The predicted octanol–water partition coefficient (Wildman–Crippen LogP) is 0.0271. The van der Waals surface area contributed by atoms with Crippen LogP contribution in [0.15, 0.2) is 0 Å². The third kappa shape index (κ3) is 4.23. The standard InChI is InChI=1S/C7H13NO3S/c1-11-7(10)6(8-5-9)3-4-12-2/h5-6H,3-4H2,1-2H3,(H,8,9)/t6-/m0/s1. The lowest BCUT2D eigenvalue weighted by atomic mass is 10.2. The molecule has 1 N–H and O–H groups in total. The number of nitrogens with one attached hydrogen (secondary N) is 1. The fraction of sp³-hybridized carbons (Fsp3) is 0.714. The zero-order chi connectivity index (χ0) is 9.40. The van der Waals surface area contributed by atoms with Gasteiger partial charge >= 0.3 is 5.97 Å². The van der Waals surface area contributed by atoms with Crippen molar-refractivity contribution in [3.63, 3.8) is 0 Å². The third-order valence-corrected chi connectivity index (χ3v) is 2.01. The third-order valence-electron chi connectivity index (χ3n) is 1.37. The van der Waals surface area contributed by atoms with Gasteiger partial charge in [0, 0.05) is 0 Å². The Labute approximate surface area is 76.0 Å². The highest BCUT2D eigenvalue weighted by molar-refractivity contribution is 7.98. The molecule has 0 aromatic rings. The minimum Gasteiger partial charge on any atom is -0.467 e. The zero-order valence-corrected chi connectivity index (χ0v) is 8.02. The van der Waals surface area contributed by atoms with Gasteiger partial charge in [0.1, 0.15) is 6.04 Å². The van der Waals surface area contributed by atoms with Crippen molar-refractivity contribution in [3.8, 4) is 0 Å². The maximum absolute atomic E-state index is 11.0. The van der Waals surface area contributed by atoms with Crippen LogP contribution in [0.1, 0.15) is 6.42 Å². The molecule has 0 aliphatic heterocycles. The van der Waals surface area contributed by atoms with Crippen LogP contribution in [0.3, 0.4) is 0 Å². The highest BCUT2D eigenvalue weighted by Gasteiger charge is 2.16. The molecule has 5 heteroatoms. The maximum atomic E-state index is 11.0. The molecule has 0 fully saturated rings. The lowest BCUT2D eigenvalue weighted by molar-refractivity contribution is -0.144. The van der Waals surface area contributed by atoms with Crippen LogP contribution in [0.2, 0.25) is 0 Å². The number of amides is 1. The molecule has 0 rings (SSSR count). The number of esters is 1. The summed E-state index contributed by atoms with van der Waals surface area (Å²) >= 11 is 1.62. The van der Waals surface area contributed by atoms with Crippen molar-refractivity contribution < 1.29 is 14.3 Å². The van der Waals surface area contributed by atoms with E-state index in [-0.39, 0.29) is 0 Å². The molecule has 1 atom stereocenters. The lowest BCUT2D eigenvalue weighted by Crippen LogP contribution is -2.37. The van der Waals surface area contributed by atoms with Gasteiger partial charge in [0.15, 0.2) is 0 Å². The van der Waals surface area contributed by atoms with Crippen molar-refractivity contribution >= 4 is 24.1 Å². The number of methoxy groups -OCH3 is 1. The number of thioether (sulfide) groups is 1. The molecule has 0 aliphatic carbocycles. The van der Waals surface area contributed by atoms with Gasteiger partial charge in [-0.2, -0.15) is 11.8 Å². The van der Waals surface area contributed by atoms with E-state index in [1.165, 1.54) is 7.11 Å². The second kappa shape index (κ2) is 6.97. The van der Waals surface area contributed by atoms with Crippen LogP contribution in [-0.4, -0.2) is 37.5 Å². The van der Waals surface area contributed by atoms with Crippen LogP contribution in [-0.2, 0) is 14.3 Å². The largest absolute Gasteiger partial charge is 0.467 e. The average molecular weight is 191 g/mol. The van der Waals surface area contributed by atoms with Crippen molar-refractivity contribution in [1.82, 2.24) is 5.32 Å². The van der Waals surface area contributed by atoms with Gasteiger partial charge in [-0.3, -0.25) is 4.79 Å². The number of carbonyl (C=O) groups is 2. The second-order valence-corrected chi connectivity index (χ2v) is 3.13. The normalized spacial score (nSPS) is 11.8. The summed E-state index contributed by atoms with van der Waals surface area (Å²) < 4.78 is 4.49. The molecular formula is C7H13NO3S. The fourth-order valence-corrected chi connectivity index (χ4v) is 1.20. The number of hydrogen-bond donors (Lipinski definition) is 1. The summed E-state index contributed by atoms with van der Waals surface area (Å²) in [5.74, 6) is 0.428. The van der Waals surface area contributed by atoms with E-state index >= 15 is 0 Å². The molecule has 0 saturated carbocycles. The van der Waals surface area contributed by atoms with Crippen molar-refractivity contribution in [2.75, 3.05) is 19.1 Å². The van der Waals surface area contributed by atoms with Gasteiger partial charge in [-0.05, 0) is 18.4 Å². The van der Waals surface area contributed by atoms with Gasteiger partial charge < -0.3 is 10.1 Å². The molecule has 1 amide bonds. The monoisotopic (exact) mass is 191 g/mol. The van der Waals surface area contributed by atoms with E-state index in [1.54, 1.807) is 11.8 Å². The van der Waals surface area contributed by atoms with E-state index in [1.807, 2.05) is 6.26 Å². The fourth-order valence-electron chi connectivity index (χ4n) is 0.729. The number of rotatable bonds is 6. The van der Waals surface area contributed by atoms with Crippen LogP contribution in [0.25, 0.3) is 0 Å². The first-order chi connectivity index (χ1) is 5.76. The van der Waals surface area contributed by atoms with Crippen LogP contribution in [0.5, 0.6) is 0 Å². The number of ether oxygens (including phenoxy) is 1. The Bertz CT molecular complexity index is 152.